The average Bonchev–Trinajstić information content (AvgIpc) is 3.39. The van der Waals surface area contributed by atoms with E-state index in [-0.39, 0.29) is 22.8 Å². The Bertz CT molecular complexity index is 1470. The molecule has 1 unspecified atom stereocenters. The molecular weight excluding hydrogens is 450 g/mol. The molecule has 0 saturated carbocycles. The fraction of sp³-hybridized carbons (Fsp3) is 0.200. The van der Waals surface area contributed by atoms with Gasteiger partial charge >= 0.3 is 0 Å². The van der Waals surface area contributed by atoms with Gasteiger partial charge in [0.05, 0.1) is 20.6 Å². The first-order chi connectivity index (χ1) is 15.3. The number of benzene rings is 2. The number of nitrogens with zero attached hydrogens (tertiary/aromatic N) is 4. The topological polar surface area (TPSA) is 157 Å². The van der Waals surface area contributed by atoms with Crippen molar-refractivity contribution in [3.05, 3.63) is 47.6 Å². The highest BCUT2D eigenvalue weighted by molar-refractivity contribution is 7.89. The maximum Gasteiger partial charge on any atom is 0.282 e. The molecule has 1 saturated heterocycles. The number of carbonyl (C=O) groups is 1. The van der Waals surface area contributed by atoms with E-state index in [4.69, 9.17) is 10.9 Å². The highest BCUT2D eigenvalue weighted by Gasteiger charge is 2.27. The van der Waals surface area contributed by atoms with Crippen molar-refractivity contribution < 1.29 is 13.2 Å². The van der Waals surface area contributed by atoms with Gasteiger partial charge in [0, 0.05) is 36.4 Å². The van der Waals surface area contributed by atoms with Crippen LogP contribution >= 0.6 is 11.3 Å². The van der Waals surface area contributed by atoms with Gasteiger partial charge in [0.25, 0.3) is 5.91 Å². The number of aromatic nitrogens is 3. The molecule has 1 aliphatic rings. The lowest BCUT2D eigenvalue weighted by molar-refractivity contribution is 0.0790. The number of nitrogens with one attached hydrogen (secondary N) is 1. The van der Waals surface area contributed by atoms with Crippen LogP contribution in [0.3, 0.4) is 0 Å². The van der Waals surface area contributed by atoms with Crippen molar-refractivity contribution in [1.29, 1.82) is 0 Å². The third-order valence-corrected chi connectivity index (χ3v) is 7.20. The van der Waals surface area contributed by atoms with E-state index in [1.54, 1.807) is 23.2 Å². The van der Waals surface area contributed by atoms with E-state index in [0.717, 1.165) is 16.5 Å². The number of carbonyl (C=O) groups excluding carboxylic acids is 1. The highest BCUT2D eigenvalue weighted by atomic mass is 32.2. The maximum absolute atomic E-state index is 12.8. The molecule has 1 fully saturated rings. The zero-order valence-corrected chi connectivity index (χ0v) is 18.4. The number of hydrogen-bond acceptors (Lipinski definition) is 9. The molecule has 1 aliphatic heterocycles. The Hall–Kier alpha value is -3.19. The summed E-state index contributed by atoms with van der Waals surface area (Å²) in [6, 6.07) is 9.78. The fourth-order valence-corrected chi connectivity index (χ4v) is 5.21. The number of fused-ring (bicyclic) bond motifs is 3. The zero-order valence-electron chi connectivity index (χ0n) is 16.7. The number of nitrogens with two attached hydrogens (primary N) is 2. The van der Waals surface area contributed by atoms with Crippen molar-refractivity contribution in [1.82, 2.24) is 19.9 Å². The van der Waals surface area contributed by atoms with Gasteiger partial charge < -0.3 is 16.0 Å². The van der Waals surface area contributed by atoms with Crippen molar-refractivity contribution >= 4 is 60.0 Å². The predicted molar refractivity (Wildman–Crippen MR) is 122 cm³/mol. The Balaban J connectivity index is 1.51. The lowest BCUT2D eigenvalue weighted by Gasteiger charge is -2.13. The van der Waals surface area contributed by atoms with Crippen molar-refractivity contribution in [3.63, 3.8) is 0 Å². The molecule has 10 nitrogen and oxygen atoms in total. The summed E-state index contributed by atoms with van der Waals surface area (Å²) in [5.74, 6) is 0.155. The summed E-state index contributed by atoms with van der Waals surface area (Å²) < 4.78 is 24.0. The van der Waals surface area contributed by atoms with E-state index in [9.17, 15) is 13.2 Å². The summed E-state index contributed by atoms with van der Waals surface area (Å²) in [6.07, 6.45) is 2.45. The predicted octanol–water partition coefficient (Wildman–Crippen LogP) is 1.80. The molecule has 1 amide bonds. The molecule has 0 spiro atoms. The van der Waals surface area contributed by atoms with Gasteiger partial charge in [-0.05, 0) is 36.8 Å². The lowest BCUT2D eigenvalue weighted by Crippen LogP contribution is -2.31. The first kappa shape index (κ1) is 20.7. The first-order valence-corrected chi connectivity index (χ1v) is 12.2. The van der Waals surface area contributed by atoms with Crippen LogP contribution in [0.2, 0.25) is 0 Å². The number of primary sulfonamides is 1. The third kappa shape index (κ3) is 3.88. The van der Waals surface area contributed by atoms with Gasteiger partial charge in [-0.3, -0.25) is 4.79 Å². The third-order valence-electron chi connectivity index (χ3n) is 5.22. The standard InChI is InChI=1S/C20H19N7O3S2/c21-12-6-7-27(10-12)19(28)18-25-15-5-4-11-9-23-20(26-16(11)17(15)31-18)24-13-2-1-3-14(8-13)32(22,29)30/h1-5,8-9,12H,6-7,10,21H2,(H2,22,29,30)(H,23,24,26). The molecule has 2 aromatic carbocycles. The van der Waals surface area contributed by atoms with Crippen LogP contribution < -0.4 is 16.2 Å². The maximum atomic E-state index is 12.8. The summed E-state index contributed by atoms with van der Waals surface area (Å²) in [5.41, 5.74) is 7.73. The van der Waals surface area contributed by atoms with Gasteiger partial charge in [-0.1, -0.05) is 6.07 Å². The Morgan fingerprint density at radius 3 is 2.81 bits per heavy atom. The normalized spacial score (nSPS) is 16.7. The molecular formula is C20H19N7O3S2. The summed E-state index contributed by atoms with van der Waals surface area (Å²) in [5, 5.41) is 9.41. The van der Waals surface area contributed by atoms with Crippen LogP contribution in [0.1, 0.15) is 16.2 Å². The number of likely N-dealkylation sites (tertiary alicyclic amines) is 1. The molecule has 5 N–H and O–H groups in total. The largest absolute Gasteiger partial charge is 0.335 e. The van der Waals surface area contributed by atoms with Crippen molar-refractivity contribution in [2.75, 3.05) is 18.4 Å². The summed E-state index contributed by atoms with van der Waals surface area (Å²) in [4.78, 5) is 28.0. The molecule has 0 radical (unpaired) electrons. The summed E-state index contributed by atoms with van der Waals surface area (Å²) in [7, 11) is -3.83. The van der Waals surface area contributed by atoms with Gasteiger partial charge in [-0.25, -0.2) is 28.5 Å². The van der Waals surface area contributed by atoms with Crippen LogP contribution in [-0.4, -0.2) is 53.3 Å². The number of anilines is 2. The fourth-order valence-electron chi connectivity index (χ4n) is 3.62. The molecule has 32 heavy (non-hydrogen) atoms. The summed E-state index contributed by atoms with van der Waals surface area (Å²) >= 11 is 1.29. The molecule has 164 valence electrons. The Morgan fingerprint density at radius 1 is 1.22 bits per heavy atom. The van der Waals surface area contributed by atoms with Crippen LogP contribution in [0.25, 0.3) is 21.1 Å². The van der Waals surface area contributed by atoms with Crippen molar-refractivity contribution in [2.24, 2.45) is 10.9 Å². The van der Waals surface area contributed by atoms with Crippen LogP contribution in [0.4, 0.5) is 11.6 Å². The van der Waals surface area contributed by atoms with Crippen molar-refractivity contribution in [3.8, 4) is 0 Å². The van der Waals surface area contributed by atoms with Crippen LogP contribution in [-0.2, 0) is 10.0 Å². The molecule has 12 heteroatoms. The molecule has 0 bridgehead atoms. The Labute approximate surface area is 187 Å². The molecule has 3 heterocycles. The van der Waals surface area contributed by atoms with E-state index in [1.807, 2.05) is 12.1 Å². The minimum Gasteiger partial charge on any atom is -0.335 e. The second kappa shape index (κ2) is 7.74. The van der Waals surface area contributed by atoms with Crippen LogP contribution in [0, 0.1) is 0 Å². The minimum absolute atomic E-state index is 0.00305. The van der Waals surface area contributed by atoms with Gasteiger partial charge in [0.2, 0.25) is 16.0 Å². The van der Waals surface area contributed by atoms with Crippen LogP contribution in [0.15, 0.2) is 47.5 Å². The van der Waals surface area contributed by atoms with E-state index >= 15 is 0 Å². The van der Waals surface area contributed by atoms with E-state index in [1.165, 1.54) is 23.5 Å². The molecule has 2 aromatic heterocycles. The van der Waals surface area contributed by atoms with Gasteiger partial charge in [0.15, 0.2) is 5.01 Å². The quantitative estimate of drug-likeness (QED) is 0.408. The SMILES string of the molecule is NC1CCN(C(=O)c2nc3ccc4cnc(Nc5cccc(S(N)(=O)=O)c5)nc4c3s2)C1. The minimum atomic E-state index is -3.83. The molecule has 5 rings (SSSR count). The lowest BCUT2D eigenvalue weighted by atomic mass is 10.2. The monoisotopic (exact) mass is 469 g/mol. The highest BCUT2D eigenvalue weighted by Crippen LogP contribution is 2.31. The van der Waals surface area contributed by atoms with Crippen molar-refractivity contribution in [2.45, 2.75) is 17.4 Å². The molecule has 0 aliphatic carbocycles. The van der Waals surface area contributed by atoms with Crippen LogP contribution in [0.5, 0.6) is 0 Å². The van der Waals surface area contributed by atoms with E-state index in [2.05, 4.69) is 20.3 Å². The Morgan fingerprint density at radius 2 is 2.06 bits per heavy atom. The summed E-state index contributed by atoms with van der Waals surface area (Å²) in [6.45, 7) is 1.16. The average molecular weight is 470 g/mol. The molecule has 4 aromatic rings. The second-order valence-corrected chi connectivity index (χ2v) is 10.1. The Kier molecular flexibility index (Phi) is 5.01. The van der Waals surface area contributed by atoms with E-state index in [0.29, 0.717) is 34.8 Å². The zero-order chi connectivity index (χ0) is 22.5. The van der Waals surface area contributed by atoms with Gasteiger partial charge in [-0.15, -0.1) is 11.3 Å². The van der Waals surface area contributed by atoms with Gasteiger partial charge in [-0.2, -0.15) is 0 Å². The first-order valence-electron chi connectivity index (χ1n) is 9.79. The number of thiazole rings is 1. The second-order valence-electron chi connectivity index (χ2n) is 7.56. The number of amides is 1. The number of rotatable bonds is 4. The number of hydrogen-bond donors (Lipinski definition) is 3. The van der Waals surface area contributed by atoms with E-state index < -0.39 is 10.0 Å². The van der Waals surface area contributed by atoms with Gasteiger partial charge in [0.1, 0.15) is 0 Å². The molecule has 1 atom stereocenters. The smallest absolute Gasteiger partial charge is 0.282 e. The number of sulfonamides is 1.